The van der Waals surface area contributed by atoms with Crippen molar-refractivity contribution in [2.24, 2.45) is 11.8 Å². The maximum atomic E-state index is 4.30. The topological polar surface area (TPSA) is 19.4 Å². The third-order valence-corrected chi connectivity index (χ3v) is 5.21. The van der Waals surface area contributed by atoms with Gasteiger partial charge in [0.15, 0.2) is 0 Å². The summed E-state index contributed by atoms with van der Waals surface area (Å²) in [5, 5.41) is 0. The van der Waals surface area contributed by atoms with Gasteiger partial charge in [-0.3, -0.25) is 4.98 Å². The van der Waals surface area contributed by atoms with Gasteiger partial charge in [-0.1, -0.05) is 0 Å². The number of nitrogens with zero attached hydrogens (tertiary/aromatic N) is 3. The van der Waals surface area contributed by atoms with Crippen LogP contribution < -0.4 is 4.90 Å². The third kappa shape index (κ3) is 3.14. The van der Waals surface area contributed by atoms with E-state index in [1.807, 2.05) is 6.20 Å². The molecule has 20 heavy (non-hydrogen) atoms. The number of anilines is 1. The summed E-state index contributed by atoms with van der Waals surface area (Å²) in [5.74, 6) is 1.94. The summed E-state index contributed by atoms with van der Waals surface area (Å²) in [7, 11) is 2.25. The van der Waals surface area contributed by atoms with E-state index in [9.17, 15) is 0 Å². The number of hydrogen-bond acceptors (Lipinski definition) is 3. The van der Waals surface area contributed by atoms with E-state index in [-0.39, 0.29) is 0 Å². The molecule has 0 radical (unpaired) electrons. The van der Waals surface area contributed by atoms with Crippen molar-refractivity contribution in [3.63, 3.8) is 0 Å². The zero-order valence-electron chi connectivity index (χ0n) is 12.9. The molecule has 0 spiro atoms. The molecule has 3 heterocycles. The van der Waals surface area contributed by atoms with Crippen LogP contribution >= 0.6 is 0 Å². The van der Waals surface area contributed by atoms with Gasteiger partial charge in [0.2, 0.25) is 0 Å². The third-order valence-electron chi connectivity index (χ3n) is 5.21. The van der Waals surface area contributed by atoms with Crippen LogP contribution in [0.15, 0.2) is 18.3 Å². The lowest BCUT2D eigenvalue weighted by molar-refractivity contribution is 0.154. The zero-order valence-corrected chi connectivity index (χ0v) is 12.9. The van der Waals surface area contributed by atoms with Gasteiger partial charge in [-0.2, -0.15) is 0 Å². The molecule has 0 unspecified atom stereocenters. The predicted molar refractivity (Wildman–Crippen MR) is 84.1 cm³/mol. The fourth-order valence-corrected chi connectivity index (χ4v) is 3.86. The standard InChI is InChI=1S/C17H27N3/c1-14-13-17(3-8-18-14)20-11-6-16(7-12-20)15-4-9-19(2)10-5-15/h3,8,13,15-16H,4-7,9-12H2,1-2H3. The first kappa shape index (κ1) is 13.9. The Labute approximate surface area is 123 Å². The molecule has 0 atom stereocenters. The predicted octanol–water partition coefficient (Wildman–Crippen LogP) is 2.95. The monoisotopic (exact) mass is 273 g/mol. The Morgan fingerprint density at radius 2 is 1.60 bits per heavy atom. The van der Waals surface area contributed by atoms with Gasteiger partial charge < -0.3 is 9.80 Å². The Morgan fingerprint density at radius 1 is 1.00 bits per heavy atom. The Balaban J connectivity index is 1.54. The smallest absolute Gasteiger partial charge is 0.0399 e. The SMILES string of the molecule is Cc1cc(N2CCC(C3CCN(C)CC3)CC2)ccn1. The van der Waals surface area contributed by atoms with E-state index >= 15 is 0 Å². The summed E-state index contributed by atoms with van der Waals surface area (Å²) in [6.45, 7) is 7.12. The van der Waals surface area contributed by atoms with Crippen molar-refractivity contribution in [3.8, 4) is 0 Å². The van der Waals surface area contributed by atoms with E-state index < -0.39 is 0 Å². The number of aromatic nitrogens is 1. The summed E-state index contributed by atoms with van der Waals surface area (Å²) in [6.07, 6.45) is 7.50. The lowest BCUT2D eigenvalue weighted by atomic mass is 9.79. The average Bonchev–Trinajstić information content (AvgIpc) is 2.48. The second kappa shape index (κ2) is 6.13. The largest absolute Gasteiger partial charge is 0.371 e. The Hall–Kier alpha value is -1.09. The molecule has 0 bridgehead atoms. The highest BCUT2D eigenvalue weighted by atomic mass is 15.1. The molecule has 3 nitrogen and oxygen atoms in total. The van der Waals surface area contributed by atoms with Crippen LogP contribution in [-0.4, -0.2) is 43.1 Å². The summed E-state index contributed by atoms with van der Waals surface area (Å²) < 4.78 is 0. The maximum absolute atomic E-state index is 4.30. The molecule has 0 amide bonds. The quantitative estimate of drug-likeness (QED) is 0.826. The van der Waals surface area contributed by atoms with Crippen LogP contribution in [0.25, 0.3) is 0 Å². The van der Waals surface area contributed by atoms with E-state index in [2.05, 4.69) is 40.9 Å². The molecular weight excluding hydrogens is 246 g/mol. The first-order chi connectivity index (χ1) is 9.72. The Bertz CT molecular complexity index is 430. The molecule has 3 rings (SSSR count). The van der Waals surface area contributed by atoms with Crippen LogP contribution in [0.5, 0.6) is 0 Å². The zero-order chi connectivity index (χ0) is 13.9. The Kier molecular flexibility index (Phi) is 4.25. The highest BCUT2D eigenvalue weighted by Crippen LogP contribution is 2.33. The maximum Gasteiger partial charge on any atom is 0.0399 e. The molecule has 0 saturated carbocycles. The molecule has 2 saturated heterocycles. The number of aryl methyl sites for hydroxylation is 1. The second-order valence-corrected chi connectivity index (χ2v) is 6.62. The molecule has 1 aromatic heterocycles. The van der Waals surface area contributed by atoms with Gasteiger partial charge in [-0.15, -0.1) is 0 Å². The fraction of sp³-hybridized carbons (Fsp3) is 0.706. The molecule has 3 heteroatoms. The van der Waals surface area contributed by atoms with Crippen molar-refractivity contribution >= 4 is 5.69 Å². The van der Waals surface area contributed by atoms with Gasteiger partial charge >= 0.3 is 0 Å². The normalized spacial score (nSPS) is 23.2. The molecule has 1 aromatic rings. The minimum atomic E-state index is 0.961. The highest BCUT2D eigenvalue weighted by molar-refractivity contribution is 5.46. The van der Waals surface area contributed by atoms with Crippen LogP contribution in [0.1, 0.15) is 31.4 Å². The van der Waals surface area contributed by atoms with Crippen LogP contribution in [0.4, 0.5) is 5.69 Å². The van der Waals surface area contributed by atoms with E-state index in [1.165, 1.54) is 57.5 Å². The lowest BCUT2D eigenvalue weighted by Crippen LogP contribution is -2.39. The number of pyridine rings is 1. The molecule has 0 N–H and O–H groups in total. The van der Waals surface area contributed by atoms with E-state index in [4.69, 9.17) is 0 Å². The molecule has 0 aromatic carbocycles. The summed E-state index contributed by atoms with van der Waals surface area (Å²) in [4.78, 5) is 9.32. The van der Waals surface area contributed by atoms with Gasteiger partial charge in [0.05, 0.1) is 0 Å². The van der Waals surface area contributed by atoms with Crippen molar-refractivity contribution in [1.82, 2.24) is 9.88 Å². The van der Waals surface area contributed by atoms with Crippen LogP contribution in [-0.2, 0) is 0 Å². The number of likely N-dealkylation sites (tertiary alicyclic amines) is 1. The minimum absolute atomic E-state index is 0.961. The first-order valence-electron chi connectivity index (χ1n) is 8.08. The summed E-state index contributed by atoms with van der Waals surface area (Å²) in [6, 6.07) is 4.37. The first-order valence-corrected chi connectivity index (χ1v) is 8.08. The molecule has 0 aliphatic carbocycles. The number of piperidine rings is 2. The van der Waals surface area contributed by atoms with Gasteiger partial charge in [-0.05, 0) is 76.7 Å². The van der Waals surface area contributed by atoms with E-state index in [0.717, 1.165) is 17.5 Å². The van der Waals surface area contributed by atoms with Crippen molar-refractivity contribution < 1.29 is 0 Å². The van der Waals surface area contributed by atoms with Crippen molar-refractivity contribution in [2.45, 2.75) is 32.6 Å². The van der Waals surface area contributed by atoms with Crippen LogP contribution in [0.3, 0.4) is 0 Å². The van der Waals surface area contributed by atoms with E-state index in [0.29, 0.717) is 0 Å². The van der Waals surface area contributed by atoms with Crippen molar-refractivity contribution in [2.75, 3.05) is 38.1 Å². The summed E-state index contributed by atoms with van der Waals surface area (Å²) in [5.41, 5.74) is 2.49. The Morgan fingerprint density at radius 3 is 2.20 bits per heavy atom. The summed E-state index contributed by atoms with van der Waals surface area (Å²) >= 11 is 0. The van der Waals surface area contributed by atoms with Crippen molar-refractivity contribution in [1.29, 1.82) is 0 Å². The van der Waals surface area contributed by atoms with Gasteiger partial charge in [-0.25, -0.2) is 0 Å². The van der Waals surface area contributed by atoms with Gasteiger partial charge in [0.1, 0.15) is 0 Å². The molecule has 2 aliphatic rings. The van der Waals surface area contributed by atoms with Crippen LogP contribution in [0, 0.1) is 18.8 Å². The molecule has 110 valence electrons. The number of rotatable bonds is 2. The van der Waals surface area contributed by atoms with Crippen LogP contribution in [0.2, 0.25) is 0 Å². The second-order valence-electron chi connectivity index (χ2n) is 6.62. The van der Waals surface area contributed by atoms with Crippen molar-refractivity contribution in [3.05, 3.63) is 24.0 Å². The highest BCUT2D eigenvalue weighted by Gasteiger charge is 2.28. The average molecular weight is 273 g/mol. The lowest BCUT2D eigenvalue weighted by Gasteiger charge is -2.40. The molecule has 2 aliphatic heterocycles. The molecule has 2 fully saturated rings. The minimum Gasteiger partial charge on any atom is -0.371 e. The number of hydrogen-bond donors (Lipinski definition) is 0. The van der Waals surface area contributed by atoms with Gasteiger partial charge in [0, 0.05) is 30.7 Å². The fourth-order valence-electron chi connectivity index (χ4n) is 3.86. The van der Waals surface area contributed by atoms with Gasteiger partial charge in [0.25, 0.3) is 0 Å². The van der Waals surface area contributed by atoms with E-state index in [1.54, 1.807) is 0 Å². The molecular formula is C17H27N3.